The predicted octanol–water partition coefficient (Wildman–Crippen LogP) is 18.8. The molecule has 566 valence electrons. The quantitative estimate of drug-likeness (QED) is 0.0204. The summed E-state index contributed by atoms with van der Waals surface area (Å²) in [6.07, 6.45) is 71.0. The molecule has 0 aromatic heterocycles. The summed E-state index contributed by atoms with van der Waals surface area (Å²) in [5.41, 5.74) is 0. The lowest BCUT2D eigenvalue weighted by atomic mass is 9.97. The summed E-state index contributed by atoms with van der Waals surface area (Å²) in [6, 6.07) is -0.932. The van der Waals surface area contributed by atoms with E-state index >= 15 is 0 Å². The summed E-state index contributed by atoms with van der Waals surface area (Å²) in [5, 5.41) is 87.7. The first-order valence-corrected chi connectivity index (χ1v) is 41.2. The molecule has 0 aliphatic carbocycles. The molecular formula is C82H155NO13. The van der Waals surface area contributed by atoms with Gasteiger partial charge in [-0.3, -0.25) is 4.79 Å². The summed E-state index contributed by atoms with van der Waals surface area (Å²) in [6.45, 7) is 2.85. The van der Waals surface area contributed by atoms with E-state index in [1.807, 2.05) is 6.08 Å². The first-order chi connectivity index (χ1) is 47.1. The zero-order chi connectivity index (χ0) is 69.4. The number of carbonyl (C=O) groups is 1. The topological polar surface area (TPSA) is 228 Å². The van der Waals surface area contributed by atoms with Gasteiger partial charge in [0.05, 0.1) is 32.0 Å². The molecule has 0 radical (unpaired) electrons. The molecule has 14 nitrogen and oxygen atoms in total. The number of amides is 1. The molecule has 12 atom stereocenters. The first-order valence-electron chi connectivity index (χ1n) is 41.2. The number of aliphatic hydroxyl groups is 8. The first kappa shape index (κ1) is 90.3. The molecule has 2 saturated heterocycles. The summed E-state index contributed by atoms with van der Waals surface area (Å²) in [7, 11) is 0. The van der Waals surface area contributed by atoms with E-state index < -0.39 is 86.8 Å². The molecule has 2 rings (SSSR count). The Bertz CT molecular complexity index is 1750. The van der Waals surface area contributed by atoms with E-state index in [-0.39, 0.29) is 18.9 Å². The van der Waals surface area contributed by atoms with Crippen LogP contribution in [0.1, 0.15) is 386 Å². The second-order valence-corrected chi connectivity index (χ2v) is 29.2. The molecule has 0 aromatic rings. The number of carbonyl (C=O) groups excluding carboxylic acids is 1. The van der Waals surface area contributed by atoms with Gasteiger partial charge in [0.2, 0.25) is 5.91 Å². The Morgan fingerprint density at radius 2 is 0.667 bits per heavy atom. The van der Waals surface area contributed by atoms with Gasteiger partial charge in [-0.1, -0.05) is 359 Å². The summed E-state index contributed by atoms with van der Waals surface area (Å²) in [5.74, 6) is -0.241. The van der Waals surface area contributed by atoms with Crippen molar-refractivity contribution in [2.24, 2.45) is 0 Å². The highest BCUT2D eigenvalue weighted by molar-refractivity contribution is 5.76. The molecular weight excluding hydrogens is 1210 g/mol. The van der Waals surface area contributed by atoms with Crippen LogP contribution in [0.5, 0.6) is 0 Å². The number of rotatable bonds is 70. The Kier molecular flexibility index (Phi) is 62.5. The van der Waals surface area contributed by atoms with Gasteiger partial charge in [-0.05, 0) is 57.8 Å². The van der Waals surface area contributed by atoms with Crippen LogP contribution < -0.4 is 5.32 Å². The predicted molar refractivity (Wildman–Crippen MR) is 397 cm³/mol. The highest BCUT2D eigenvalue weighted by Gasteiger charge is 2.51. The average Bonchev–Trinajstić information content (AvgIpc) is 0.797. The van der Waals surface area contributed by atoms with E-state index in [1.54, 1.807) is 6.08 Å². The van der Waals surface area contributed by atoms with Gasteiger partial charge in [-0.15, -0.1) is 0 Å². The van der Waals surface area contributed by atoms with Crippen LogP contribution in [0.4, 0.5) is 0 Å². The molecule has 0 saturated carbocycles. The van der Waals surface area contributed by atoms with Gasteiger partial charge in [0, 0.05) is 6.42 Å². The fourth-order valence-corrected chi connectivity index (χ4v) is 13.8. The van der Waals surface area contributed by atoms with Crippen LogP contribution in [0.2, 0.25) is 0 Å². The fourth-order valence-electron chi connectivity index (χ4n) is 13.8. The van der Waals surface area contributed by atoms with Crippen molar-refractivity contribution in [2.45, 2.75) is 460 Å². The smallest absolute Gasteiger partial charge is 0.220 e. The van der Waals surface area contributed by atoms with Crippen LogP contribution in [0.3, 0.4) is 0 Å². The van der Waals surface area contributed by atoms with E-state index in [1.165, 1.54) is 321 Å². The van der Waals surface area contributed by atoms with Crippen molar-refractivity contribution in [1.29, 1.82) is 0 Å². The normalized spacial score (nSPS) is 22.4. The highest BCUT2D eigenvalue weighted by Crippen LogP contribution is 2.30. The molecule has 2 fully saturated rings. The lowest BCUT2D eigenvalue weighted by Crippen LogP contribution is -2.65. The van der Waals surface area contributed by atoms with Gasteiger partial charge in [-0.2, -0.15) is 0 Å². The number of nitrogens with one attached hydrogen (secondary N) is 1. The average molecular weight is 1360 g/mol. The molecule has 14 heteroatoms. The third-order valence-corrected chi connectivity index (χ3v) is 20.3. The van der Waals surface area contributed by atoms with Crippen LogP contribution in [0, 0.1) is 0 Å². The van der Waals surface area contributed by atoms with Crippen LogP contribution in [-0.2, 0) is 23.7 Å². The number of allylic oxidation sites excluding steroid dienone is 5. The molecule has 96 heavy (non-hydrogen) atoms. The largest absolute Gasteiger partial charge is 0.394 e. The van der Waals surface area contributed by atoms with E-state index in [9.17, 15) is 45.6 Å². The molecule has 2 heterocycles. The Labute approximate surface area is 589 Å². The maximum Gasteiger partial charge on any atom is 0.220 e. The van der Waals surface area contributed by atoms with Gasteiger partial charge < -0.3 is 65.1 Å². The maximum absolute atomic E-state index is 13.4. The van der Waals surface area contributed by atoms with Crippen molar-refractivity contribution in [3.63, 3.8) is 0 Å². The number of hydrogen-bond acceptors (Lipinski definition) is 13. The second-order valence-electron chi connectivity index (χ2n) is 29.2. The summed E-state index contributed by atoms with van der Waals surface area (Å²) in [4.78, 5) is 13.4. The van der Waals surface area contributed by atoms with Crippen LogP contribution >= 0.6 is 0 Å². The van der Waals surface area contributed by atoms with Gasteiger partial charge in [0.1, 0.15) is 48.8 Å². The van der Waals surface area contributed by atoms with Gasteiger partial charge in [0.15, 0.2) is 12.6 Å². The minimum absolute atomic E-state index is 0.241. The fraction of sp³-hybridized carbons (Fsp3) is 0.915. The van der Waals surface area contributed by atoms with Crippen molar-refractivity contribution in [1.82, 2.24) is 5.32 Å². The number of ether oxygens (including phenoxy) is 4. The molecule has 0 bridgehead atoms. The van der Waals surface area contributed by atoms with Crippen molar-refractivity contribution in [2.75, 3.05) is 19.8 Å². The van der Waals surface area contributed by atoms with Gasteiger partial charge in [0.25, 0.3) is 0 Å². The van der Waals surface area contributed by atoms with Crippen molar-refractivity contribution in [3.8, 4) is 0 Å². The van der Waals surface area contributed by atoms with Crippen LogP contribution in [-0.4, -0.2) is 140 Å². The second kappa shape index (κ2) is 66.4. The zero-order valence-corrected chi connectivity index (χ0v) is 62.1. The Hall–Kier alpha value is -1.79. The maximum atomic E-state index is 13.4. The minimum Gasteiger partial charge on any atom is -0.394 e. The minimum atomic E-state index is -1.79. The Morgan fingerprint density at radius 3 is 1.02 bits per heavy atom. The molecule has 9 N–H and O–H groups in total. The number of unbranched alkanes of at least 4 members (excludes halogenated alkanes) is 53. The van der Waals surface area contributed by atoms with E-state index in [0.29, 0.717) is 12.8 Å². The Morgan fingerprint density at radius 1 is 0.365 bits per heavy atom. The molecule has 2 aliphatic rings. The standard InChI is InChI=1S/C82H155NO13/c1-3-5-7-9-11-13-15-17-19-21-23-25-27-29-31-32-33-34-35-36-37-38-40-42-44-46-48-50-52-54-56-58-60-62-64-66-74(87)83-70(69-93-81-79(92)77(90)80(73(68-85)95-81)96-82-78(91)76(89)75(88)72(67-84)94-82)71(86)65-63-61-59-57-55-53-51-49-47-45-43-41-39-30-28-26-24-22-20-18-16-14-12-10-8-6-4-2/h21,23,55,57,63,65,70-73,75-82,84-86,88-92H,3-20,22,24-54,56,58-62,64,66-69H2,1-2H3,(H,83,87)/b23-21-,57-55+,65-63+. The van der Waals surface area contributed by atoms with E-state index in [2.05, 4.69) is 43.5 Å². The molecule has 0 spiro atoms. The van der Waals surface area contributed by atoms with Crippen molar-refractivity contribution in [3.05, 3.63) is 36.5 Å². The van der Waals surface area contributed by atoms with Crippen molar-refractivity contribution < 1.29 is 64.6 Å². The third kappa shape index (κ3) is 48.9. The monoisotopic (exact) mass is 1360 g/mol. The molecule has 1 amide bonds. The van der Waals surface area contributed by atoms with Crippen LogP contribution in [0.15, 0.2) is 36.5 Å². The van der Waals surface area contributed by atoms with E-state index in [0.717, 1.165) is 32.1 Å². The molecule has 2 aliphatic heterocycles. The van der Waals surface area contributed by atoms with Crippen molar-refractivity contribution >= 4 is 5.91 Å². The summed E-state index contributed by atoms with van der Waals surface area (Å²) < 4.78 is 22.9. The zero-order valence-electron chi connectivity index (χ0n) is 62.1. The number of hydrogen-bond donors (Lipinski definition) is 9. The number of aliphatic hydroxyl groups excluding tert-OH is 8. The van der Waals surface area contributed by atoms with E-state index in [4.69, 9.17) is 18.9 Å². The third-order valence-electron chi connectivity index (χ3n) is 20.3. The van der Waals surface area contributed by atoms with Crippen LogP contribution in [0.25, 0.3) is 0 Å². The molecule has 12 unspecified atom stereocenters. The lowest BCUT2D eigenvalue weighted by molar-refractivity contribution is -0.359. The lowest BCUT2D eigenvalue weighted by Gasteiger charge is -2.46. The Balaban J connectivity index is 1.61. The highest BCUT2D eigenvalue weighted by atomic mass is 16.7. The van der Waals surface area contributed by atoms with Gasteiger partial charge in [-0.25, -0.2) is 0 Å². The SMILES string of the molecule is CCCCCCCCCC/C=C\CCCCCCCCCCCCCCCCCCCCCCCCCC(=O)NC(COC1OC(CO)C(OC2OC(CO)C(O)C(O)C2O)C(O)C1O)C(O)/C=C/CC/C=C/CCCCCCCCCCCCCCCCCCCCCCC. The molecule has 0 aromatic carbocycles. The summed E-state index contributed by atoms with van der Waals surface area (Å²) >= 11 is 0. The van der Waals surface area contributed by atoms with Gasteiger partial charge >= 0.3 is 0 Å².